The summed E-state index contributed by atoms with van der Waals surface area (Å²) in [5, 5.41) is 5.45. The lowest BCUT2D eigenvalue weighted by molar-refractivity contribution is -0.128. The normalized spacial score (nSPS) is 13.4. The molecule has 0 aliphatic heterocycles. The second-order valence-electron chi connectivity index (χ2n) is 9.87. The van der Waals surface area contributed by atoms with Gasteiger partial charge in [-0.1, -0.05) is 109 Å². The van der Waals surface area contributed by atoms with Gasteiger partial charge in [0.1, 0.15) is 18.7 Å². The second kappa shape index (κ2) is 12.3. The van der Waals surface area contributed by atoms with Gasteiger partial charge in [0, 0.05) is 18.8 Å². The zero-order chi connectivity index (χ0) is 27.9. The zero-order valence-corrected chi connectivity index (χ0v) is 22.0. The molecule has 40 heavy (non-hydrogen) atoms. The first-order valence-electron chi connectivity index (χ1n) is 13.3. The molecule has 5 rings (SSSR count). The minimum absolute atomic E-state index is 0.107. The number of alkyl carbamates (subject to hydrolysis) is 1. The summed E-state index contributed by atoms with van der Waals surface area (Å²) in [6.45, 7) is 0.122. The number of fused-ring (bicyclic) bond motifs is 3. The Balaban J connectivity index is 1.28. The van der Waals surface area contributed by atoms with E-state index in [1.165, 1.54) is 0 Å². The van der Waals surface area contributed by atoms with E-state index in [9.17, 15) is 14.4 Å². The molecule has 3 amide bonds. The first-order valence-corrected chi connectivity index (χ1v) is 13.3. The highest BCUT2D eigenvalue weighted by atomic mass is 16.5. The molecular weight excluding hydrogens is 502 g/mol. The van der Waals surface area contributed by atoms with E-state index in [0.717, 1.165) is 33.4 Å². The largest absolute Gasteiger partial charge is 0.449 e. The van der Waals surface area contributed by atoms with Crippen molar-refractivity contribution in [1.82, 2.24) is 10.6 Å². The van der Waals surface area contributed by atoms with E-state index in [4.69, 9.17) is 10.5 Å². The average molecular weight is 534 g/mol. The van der Waals surface area contributed by atoms with Crippen molar-refractivity contribution in [3.63, 3.8) is 0 Å². The Morgan fingerprint density at radius 1 is 0.650 bits per heavy atom. The van der Waals surface area contributed by atoms with Gasteiger partial charge in [-0.2, -0.15) is 0 Å². The van der Waals surface area contributed by atoms with Gasteiger partial charge in [0.15, 0.2) is 0 Å². The first kappa shape index (κ1) is 26.7. The Labute approximate surface area is 233 Å². The lowest BCUT2D eigenvalue weighted by Gasteiger charge is -2.22. The molecule has 1 aliphatic rings. The van der Waals surface area contributed by atoms with Crippen molar-refractivity contribution < 1.29 is 19.1 Å². The van der Waals surface area contributed by atoms with Crippen LogP contribution in [-0.2, 0) is 27.2 Å². The molecule has 7 nitrogen and oxygen atoms in total. The number of nitrogens with two attached hydrogens (primary N) is 1. The van der Waals surface area contributed by atoms with Crippen molar-refractivity contribution in [2.45, 2.75) is 30.8 Å². The van der Waals surface area contributed by atoms with Crippen LogP contribution in [-0.4, -0.2) is 36.6 Å². The van der Waals surface area contributed by atoms with Gasteiger partial charge >= 0.3 is 6.09 Å². The molecule has 4 N–H and O–H groups in total. The lowest BCUT2D eigenvalue weighted by Crippen LogP contribution is -2.54. The van der Waals surface area contributed by atoms with Crippen LogP contribution in [0.3, 0.4) is 0 Å². The molecule has 7 heteroatoms. The zero-order valence-electron chi connectivity index (χ0n) is 22.0. The van der Waals surface area contributed by atoms with E-state index in [0.29, 0.717) is 0 Å². The molecule has 0 heterocycles. The summed E-state index contributed by atoms with van der Waals surface area (Å²) in [5.41, 5.74) is 11.8. The number of amides is 3. The van der Waals surface area contributed by atoms with E-state index >= 15 is 0 Å². The second-order valence-corrected chi connectivity index (χ2v) is 9.87. The maximum absolute atomic E-state index is 13.4. The van der Waals surface area contributed by atoms with Crippen LogP contribution in [0.5, 0.6) is 0 Å². The number of primary amides is 1. The summed E-state index contributed by atoms with van der Waals surface area (Å²) in [4.78, 5) is 38.6. The van der Waals surface area contributed by atoms with Gasteiger partial charge in [0.25, 0.3) is 0 Å². The van der Waals surface area contributed by atoms with Crippen LogP contribution >= 0.6 is 0 Å². The van der Waals surface area contributed by atoms with E-state index in [1.54, 1.807) is 0 Å². The predicted octanol–water partition coefficient (Wildman–Crippen LogP) is 4.35. The predicted molar refractivity (Wildman–Crippen MR) is 153 cm³/mol. The fourth-order valence-corrected chi connectivity index (χ4v) is 5.19. The van der Waals surface area contributed by atoms with Gasteiger partial charge in [-0.05, 0) is 33.4 Å². The quantitative estimate of drug-likeness (QED) is 0.282. The molecule has 0 bridgehead atoms. The summed E-state index contributed by atoms with van der Waals surface area (Å²) in [5.74, 6) is -1.28. The topological polar surface area (TPSA) is 111 Å². The molecule has 4 aromatic rings. The number of hydrogen-bond acceptors (Lipinski definition) is 4. The fourth-order valence-electron chi connectivity index (χ4n) is 5.19. The molecule has 0 aromatic heterocycles. The van der Waals surface area contributed by atoms with Crippen molar-refractivity contribution in [3.05, 3.63) is 131 Å². The Hall–Kier alpha value is -4.91. The molecule has 0 saturated heterocycles. The Kier molecular flexibility index (Phi) is 8.21. The molecule has 202 valence electrons. The molecule has 1 aliphatic carbocycles. The maximum atomic E-state index is 13.4. The third kappa shape index (κ3) is 6.21. The number of rotatable bonds is 10. The third-order valence-electron chi connectivity index (χ3n) is 7.18. The molecule has 0 fully saturated rings. The Bertz CT molecular complexity index is 1440. The SMILES string of the molecule is NC(=O)C(Cc1ccccc1)NC(=O)[C@H](Cc1ccccc1)NC(=O)OCC1c2ccccc2-c2ccccc21. The van der Waals surface area contributed by atoms with Crippen LogP contribution in [0.4, 0.5) is 4.79 Å². The average Bonchev–Trinajstić information content (AvgIpc) is 3.30. The number of carbonyl (C=O) groups excluding carboxylic acids is 3. The minimum atomic E-state index is -0.976. The highest BCUT2D eigenvalue weighted by molar-refractivity contribution is 5.91. The van der Waals surface area contributed by atoms with Crippen molar-refractivity contribution >= 4 is 17.9 Å². The monoisotopic (exact) mass is 533 g/mol. The summed E-state index contributed by atoms with van der Waals surface area (Å²) in [7, 11) is 0. The number of ether oxygens (including phenoxy) is 1. The Morgan fingerprint density at radius 3 is 1.65 bits per heavy atom. The van der Waals surface area contributed by atoms with E-state index < -0.39 is 30.0 Å². The van der Waals surface area contributed by atoms with Crippen molar-refractivity contribution in [1.29, 1.82) is 0 Å². The minimum Gasteiger partial charge on any atom is -0.449 e. The van der Waals surface area contributed by atoms with Crippen LogP contribution in [0, 0.1) is 0 Å². The molecule has 0 spiro atoms. The van der Waals surface area contributed by atoms with Crippen LogP contribution in [0.15, 0.2) is 109 Å². The van der Waals surface area contributed by atoms with Gasteiger partial charge in [0.05, 0.1) is 0 Å². The molecule has 1 unspecified atom stereocenters. The summed E-state index contributed by atoms with van der Waals surface area (Å²) >= 11 is 0. The molecule has 4 aromatic carbocycles. The molecular formula is C33H31N3O4. The summed E-state index contributed by atoms with van der Waals surface area (Å²) in [6.07, 6.45) is -0.255. The van der Waals surface area contributed by atoms with Gasteiger partial charge in [-0.3, -0.25) is 9.59 Å². The summed E-state index contributed by atoms with van der Waals surface area (Å²) < 4.78 is 5.68. The fraction of sp³-hybridized carbons (Fsp3) is 0.182. The van der Waals surface area contributed by atoms with Crippen LogP contribution in [0.2, 0.25) is 0 Å². The molecule has 2 atom stereocenters. The van der Waals surface area contributed by atoms with Crippen LogP contribution in [0.1, 0.15) is 28.2 Å². The van der Waals surface area contributed by atoms with E-state index in [2.05, 4.69) is 22.8 Å². The lowest BCUT2D eigenvalue weighted by atomic mass is 9.98. The van der Waals surface area contributed by atoms with Crippen LogP contribution < -0.4 is 16.4 Å². The number of benzene rings is 4. The van der Waals surface area contributed by atoms with Crippen molar-refractivity contribution in [2.75, 3.05) is 6.61 Å². The smallest absolute Gasteiger partial charge is 0.407 e. The van der Waals surface area contributed by atoms with Crippen LogP contribution in [0.25, 0.3) is 11.1 Å². The third-order valence-corrected chi connectivity index (χ3v) is 7.18. The number of hydrogen-bond donors (Lipinski definition) is 3. The van der Waals surface area contributed by atoms with Crippen molar-refractivity contribution in [3.8, 4) is 11.1 Å². The maximum Gasteiger partial charge on any atom is 0.407 e. The number of nitrogens with one attached hydrogen (secondary N) is 2. The van der Waals surface area contributed by atoms with Gasteiger partial charge < -0.3 is 21.1 Å². The van der Waals surface area contributed by atoms with E-state index in [1.807, 2.05) is 97.1 Å². The first-order chi connectivity index (χ1) is 19.5. The standard InChI is InChI=1S/C33H31N3O4/c34-31(37)29(19-22-11-3-1-4-12-22)35-32(38)30(20-23-13-5-2-6-14-23)36-33(39)40-21-28-26-17-9-7-15-24(26)25-16-8-10-18-27(25)28/h1-18,28-30H,19-21H2,(H2,34,37)(H,35,38)(H,36,39)/t29?,30-/m0/s1. The summed E-state index contributed by atoms with van der Waals surface area (Å²) in [6, 6.07) is 32.9. The van der Waals surface area contributed by atoms with Gasteiger partial charge in [-0.15, -0.1) is 0 Å². The van der Waals surface area contributed by atoms with Crippen molar-refractivity contribution in [2.24, 2.45) is 5.73 Å². The Morgan fingerprint density at radius 2 is 1.12 bits per heavy atom. The molecule has 0 saturated carbocycles. The van der Waals surface area contributed by atoms with Gasteiger partial charge in [-0.25, -0.2) is 4.79 Å². The highest BCUT2D eigenvalue weighted by Crippen LogP contribution is 2.44. The van der Waals surface area contributed by atoms with Gasteiger partial charge in [0.2, 0.25) is 11.8 Å². The molecule has 0 radical (unpaired) electrons. The highest BCUT2D eigenvalue weighted by Gasteiger charge is 2.30. The van der Waals surface area contributed by atoms with E-state index in [-0.39, 0.29) is 25.4 Å². The number of carbonyl (C=O) groups is 3.